The summed E-state index contributed by atoms with van der Waals surface area (Å²) >= 11 is 5.62. The first-order valence-electron chi connectivity index (χ1n) is 4.08. The molecule has 0 saturated carbocycles. The molecule has 0 atom stereocenters. The van der Waals surface area contributed by atoms with Gasteiger partial charge in [-0.15, -0.1) is 0 Å². The second-order valence-corrected chi connectivity index (χ2v) is 3.65. The van der Waals surface area contributed by atoms with E-state index in [2.05, 4.69) is 0 Å². The van der Waals surface area contributed by atoms with E-state index in [9.17, 15) is 4.79 Å². The highest BCUT2D eigenvalue weighted by Gasteiger charge is 1.96. The van der Waals surface area contributed by atoms with Gasteiger partial charge in [0.15, 0.2) is 6.29 Å². The molecule has 78 valence electrons. The molecule has 3 nitrogen and oxygen atoms in total. The summed E-state index contributed by atoms with van der Waals surface area (Å²) in [6, 6.07) is 4.77. The van der Waals surface area contributed by atoms with Gasteiger partial charge in [-0.1, -0.05) is 11.6 Å². The summed E-state index contributed by atoms with van der Waals surface area (Å²) < 4.78 is 0. The standard InChI is InChI=1S/C7H6ClNO.C3H9N/c8-7-3-6(9)2-1-5(7)4-10;1-4(2)3/h1-4H,9H2;1-3H3. The number of aldehydes is 1. The van der Waals surface area contributed by atoms with Crippen molar-refractivity contribution >= 4 is 23.6 Å². The molecule has 0 aliphatic rings. The van der Waals surface area contributed by atoms with Crippen LogP contribution in [0.1, 0.15) is 10.4 Å². The quantitative estimate of drug-likeness (QED) is 0.574. The maximum atomic E-state index is 10.2. The Kier molecular flexibility index (Phi) is 5.92. The molecule has 1 rings (SSSR count). The van der Waals surface area contributed by atoms with Crippen molar-refractivity contribution in [3.63, 3.8) is 0 Å². The van der Waals surface area contributed by atoms with E-state index in [-0.39, 0.29) is 0 Å². The van der Waals surface area contributed by atoms with Crippen molar-refractivity contribution in [3.05, 3.63) is 28.8 Å². The maximum absolute atomic E-state index is 10.2. The zero-order chi connectivity index (χ0) is 11.1. The molecular formula is C10H15ClN2O. The molecule has 0 saturated heterocycles. The molecular weight excluding hydrogens is 200 g/mol. The predicted octanol–water partition coefficient (Wildman–Crippen LogP) is 1.91. The SMILES string of the molecule is CN(C)C.Nc1ccc(C=O)c(Cl)c1. The van der Waals surface area contributed by atoms with Gasteiger partial charge in [-0.2, -0.15) is 0 Å². The van der Waals surface area contributed by atoms with Gasteiger partial charge in [0.2, 0.25) is 0 Å². The van der Waals surface area contributed by atoms with Crippen molar-refractivity contribution in [2.45, 2.75) is 0 Å². The normalized spacial score (nSPS) is 9.21. The summed E-state index contributed by atoms with van der Waals surface area (Å²) in [7, 11) is 6.00. The third-order valence-electron chi connectivity index (χ3n) is 1.15. The Labute approximate surface area is 89.5 Å². The predicted molar refractivity (Wildman–Crippen MR) is 60.9 cm³/mol. The van der Waals surface area contributed by atoms with Gasteiger partial charge in [0.25, 0.3) is 0 Å². The number of nitrogens with two attached hydrogens (primary N) is 1. The van der Waals surface area contributed by atoms with Gasteiger partial charge < -0.3 is 10.6 Å². The lowest BCUT2D eigenvalue weighted by Crippen LogP contribution is -1.99. The Morgan fingerprint density at radius 2 is 1.86 bits per heavy atom. The van der Waals surface area contributed by atoms with Crippen LogP contribution in [0.4, 0.5) is 5.69 Å². The molecule has 0 aromatic heterocycles. The Balaban J connectivity index is 0.000000364. The Hall–Kier alpha value is -1.06. The highest BCUT2D eigenvalue weighted by Crippen LogP contribution is 2.16. The van der Waals surface area contributed by atoms with Crippen LogP contribution in [0, 0.1) is 0 Å². The zero-order valence-corrected chi connectivity index (χ0v) is 9.38. The highest BCUT2D eigenvalue weighted by atomic mass is 35.5. The van der Waals surface area contributed by atoms with Crippen LogP contribution in [0.15, 0.2) is 18.2 Å². The van der Waals surface area contributed by atoms with Crippen LogP contribution in [0.25, 0.3) is 0 Å². The van der Waals surface area contributed by atoms with E-state index >= 15 is 0 Å². The number of carbonyl (C=O) groups excluding carboxylic acids is 1. The van der Waals surface area contributed by atoms with Gasteiger partial charge in [-0.25, -0.2) is 0 Å². The van der Waals surface area contributed by atoms with E-state index in [1.54, 1.807) is 18.2 Å². The summed E-state index contributed by atoms with van der Waals surface area (Å²) in [4.78, 5) is 12.2. The van der Waals surface area contributed by atoms with Crippen LogP contribution in [0.3, 0.4) is 0 Å². The smallest absolute Gasteiger partial charge is 0.151 e. The summed E-state index contributed by atoms with van der Waals surface area (Å²) in [5.74, 6) is 0. The molecule has 4 heteroatoms. The Morgan fingerprint density at radius 3 is 2.21 bits per heavy atom. The second-order valence-electron chi connectivity index (χ2n) is 3.24. The summed E-state index contributed by atoms with van der Waals surface area (Å²) in [5, 5.41) is 0.398. The molecule has 0 aliphatic heterocycles. The fourth-order valence-corrected chi connectivity index (χ4v) is 0.872. The molecule has 0 fully saturated rings. The zero-order valence-electron chi connectivity index (χ0n) is 8.62. The van der Waals surface area contributed by atoms with E-state index in [1.807, 2.05) is 26.0 Å². The average Bonchev–Trinajstić information content (AvgIpc) is 2.03. The number of hydrogen-bond donors (Lipinski definition) is 1. The van der Waals surface area contributed by atoms with Crippen molar-refractivity contribution < 1.29 is 4.79 Å². The lowest BCUT2D eigenvalue weighted by Gasteiger charge is -1.95. The number of hydrogen-bond acceptors (Lipinski definition) is 3. The summed E-state index contributed by atoms with van der Waals surface area (Å²) in [6.45, 7) is 0. The molecule has 1 aromatic carbocycles. The Bertz CT molecular complexity index is 297. The minimum Gasteiger partial charge on any atom is -0.399 e. The molecule has 14 heavy (non-hydrogen) atoms. The summed E-state index contributed by atoms with van der Waals surface area (Å²) in [5.41, 5.74) is 6.42. The second kappa shape index (κ2) is 6.40. The number of carbonyl (C=O) groups is 1. The van der Waals surface area contributed by atoms with Crippen molar-refractivity contribution in [1.29, 1.82) is 0 Å². The van der Waals surface area contributed by atoms with E-state index in [0.29, 0.717) is 22.6 Å². The average molecular weight is 215 g/mol. The van der Waals surface area contributed by atoms with Crippen LogP contribution in [-0.2, 0) is 0 Å². The van der Waals surface area contributed by atoms with Gasteiger partial charge in [0.1, 0.15) is 0 Å². The molecule has 0 unspecified atom stereocenters. The fourth-order valence-electron chi connectivity index (χ4n) is 0.639. The lowest BCUT2D eigenvalue weighted by molar-refractivity contribution is 0.112. The summed E-state index contributed by atoms with van der Waals surface area (Å²) in [6.07, 6.45) is 0.696. The van der Waals surface area contributed by atoms with Gasteiger partial charge in [0, 0.05) is 11.3 Å². The molecule has 0 aliphatic carbocycles. The van der Waals surface area contributed by atoms with Crippen LogP contribution in [-0.4, -0.2) is 32.3 Å². The van der Waals surface area contributed by atoms with E-state index in [0.717, 1.165) is 0 Å². The number of benzene rings is 1. The molecule has 0 bridgehead atoms. The number of anilines is 1. The Morgan fingerprint density at radius 1 is 1.36 bits per heavy atom. The molecule has 0 amide bonds. The molecule has 0 heterocycles. The van der Waals surface area contributed by atoms with Crippen LogP contribution in [0.5, 0.6) is 0 Å². The number of nitrogen functional groups attached to an aromatic ring is 1. The third-order valence-corrected chi connectivity index (χ3v) is 1.48. The minimum absolute atomic E-state index is 0.398. The minimum atomic E-state index is 0.398. The molecule has 0 spiro atoms. The topological polar surface area (TPSA) is 46.3 Å². The van der Waals surface area contributed by atoms with Crippen molar-refractivity contribution in [2.24, 2.45) is 0 Å². The van der Waals surface area contributed by atoms with Gasteiger partial charge in [0.05, 0.1) is 5.02 Å². The molecule has 1 aromatic rings. The van der Waals surface area contributed by atoms with Crippen molar-refractivity contribution in [1.82, 2.24) is 4.90 Å². The fraction of sp³-hybridized carbons (Fsp3) is 0.300. The van der Waals surface area contributed by atoms with Crippen molar-refractivity contribution in [2.75, 3.05) is 26.9 Å². The van der Waals surface area contributed by atoms with Crippen LogP contribution < -0.4 is 5.73 Å². The molecule has 2 N–H and O–H groups in total. The monoisotopic (exact) mass is 214 g/mol. The number of nitrogens with zero attached hydrogens (tertiary/aromatic N) is 1. The lowest BCUT2D eigenvalue weighted by atomic mass is 10.2. The third kappa shape index (κ3) is 5.56. The van der Waals surface area contributed by atoms with Gasteiger partial charge >= 0.3 is 0 Å². The number of halogens is 1. The van der Waals surface area contributed by atoms with E-state index in [1.165, 1.54) is 0 Å². The highest BCUT2D eigenvalue weighted by molar-refractivity contribution is 6.33. The first kappa shape index (κ1) is 12.9. The van der Waals surface area contributed by atoms with E-state index < -0.39 is 0 Å². The van der Waals surface area contributed by atoms with Crippen molar-refractivity contribution in [3.8, 4) is 0 Å². The largest absolute Gasteiger partial charge is 0.399 e. The van der Waals surface area contributed by atoms with E-state index in [4.69, 9.17) is 17.3 Å². The first-order chi connectivity index (χ1) is 6.47. The number of rotatable bonds is 1. The van der Waals surface area contributed by atoms with Crippen LogP contribution in [0.2, 0.25) is 5.02 Å². The maximum Gasteiger partial charge on any atom is 0.151 e. The van der Waals surface area contributed by atoms with Gasteiger partial charge in [-0.3, -0.25) is 4.79 Å². The van der Waals surface area contributed by atoms with Gasteiger partial charge in [-0.05, 0) is 39.3 Å². The molecule has 0 radical (unpaired) electrons. The van der Waals surface area contributed by atoms with Crippen LogP contribution >= 0.6 is 11.6 Å². The first-order valence-corrected chi connectivity index (χ1v) is 4.46.